The molecule has 2 aliphatic rings. The minimum atomic E-state index is -4.33. The van der Waals surface area contributed by atoms with Gasteiger partial charge in [-0.05, 0) is 61.6 Å². The molecule has 168 valence electrons. The summed E-state index contributed by atoms with van der Waals surface area (Å²) in [6.07, 6.45) is -1.15. The Kier molecular flexibility index (Phi) is 5.31. The van der Waals surface area contributed by atoms with Crippen molar-refractivity contribution < 1.29 is 18.0 Å². The lowest BCUT2D eigenvalue weighted by Crippen LogP contribution is -2.47. The highest BCUT2D eigenvalue weighted by molar-refractivity contribution is 5.78. The van der Waals surface area contributed by atoms with Crippen molar-refractivity contribution in [3.63, 3.8) is 0 Å². The van der Waals surface area contributed by atoms with Crippen LogP contribution in [0.3, 0.4) is 0 Å². The number of para-hydroxylation sites is 2. The fourth-order valence-corrected chi connectivity index (χ4v) is 4.67. The third-order valence-electron chi connectivity index (χ3n) is 6.48. The third kappa shape index (κ3) is 4.45. The molecular weight excluding hydrogens is 417 g/mol. The number of aromatic amines is 1. The molecule has 32 heavy (non-hydrogen) atoms. The van der Waals surface area contributed by atoms with Gasteiger partial charge in [0.05, 0.1) is 16.6 Å². The van der Waals surface area contributed by atoms with E-state index >= 15 is 0 Å². The smallest absolute Gasteiger partial charge is 0.369 e. The fraction of sp³-hybridized carbons (Fsp3) is 0.417. The first-order valence-electron chi connectivity index (χ1n) is 11.0. The van der Waals surface area contributed by atoms with E-state index in [0.717, 1.165) is 60.5 Å². The molecule has 0 bridgehead atoms. The number of carbonyl (C=O) groups is 1. The number of fused-ring (bicyclic) bond motifs is 1. The second-order valence-corrected chi connectivity index (χ2v) is 8.84. The third-order valence-corrected chi connectivity index (χ3v) is 6.48. The van der Waals surface area contributed by atoms with Gasteiger partial charge in [0, 0.05) is 37.2 Å². The lowest BCUT2D eigenvalue weighted by Gasteiger charge is -2.35. The topological polar surface area (TPSA) is 61.0 Å². The van der Waals surface area contributed by atoms with Crippen molar-refractivity contribution in [1.82, 2.24) is 15.3 Å². The van der Waals surface area contributed by atoms with Crippen LogP contribution in [0.4, 0.5) is 18.9 Å². The monoisotopic (exact) mass is 442 g/mol. The molecule has 0 spiro atoms. The summed E-state index contributed by atoms with van der Waals surface area (Å²) < 4.78 is 38.4. The SMILES string of the molecule is O=C(C[C@@H]1C[C@@H]1c1nc2ccccc2[nH]1)N[C@@H]1CCCN(c2ccc(C(F)(F)F)cc2)C1. The van der Waals surface area contributed by atoms with E-state index in [1.54, 1.807) is 0 Å². The number of hydrogen-bond donors (Lipinski definition) is 2. The predicted molar refractivity (Wildman–Crippen MR) is 116 cm³/mol. The van der Waals surface area contributed by atoms with Crippen LogP contribution in [0.25, 0.3) is 11.0 Å². The van der Waals surface area contributed by atoms with Crippen LogP contribution >= 0.6 is 0 Å². The molecular formula is C24H25F3N4O. The standard InChI is InChI=1S/C24H25F3N4O/c25-24(26,27)16-7-9-18(10-8-16)31-11-3-4-17(14-31)28-22(32)13-15-12-19(15)23-29-20-5-1-2-6-21(20)30-23/h1-2,5-10,15,17,19H,3-4,11-14H2,(H,28,32)(H,29,30)/t15-,17+,19-/m0/s1. The Labute approximate surface area is 184 Å². The predicted octanol–water partition coefficient (Wildman–Crippen LogP) is 4.86. The van der Waals surface area contributed by atoms with Crippen LogP contribution in [0.15, 0.2) is 48.5 Å². The summed E-state index contributed by atoms with van der Waals surface area (Å²) in [5.74, 6) is 1.58. The molecule has 5 rings (SSSR count). The van der Waals surface area contributed by atoms with Crippen LogP contribution in [-0.2, 0) is 11.0 Å². The van der Waals surface area contributed by atoms with Crippen LogP contribution < -0.4 is 10.2 Å². The first-order chi connectivity index (χ1) is 15.4. The highest BCUT2D eigenvalue weighted by atomic mass is 19.4. The number of carbonyl (C=O) groups excluding carboxylic acids is 1. The van der Waals surface area contributed by atoms with Crippen LogP contribution in [0.1, 0.15) is 43.0 Å². The lowest BCUT2D eigenvalue weighted by molar-refractivity contribution is -0.137. The van der Waals surface area contributed by atoms with E-state index in [4.69, 9.17) is 0 Å². The molecule has 2 aromatic carbocycles. The molecule has 3 aromatic rings. The number of piperidine rings is 1. The van der Waals surface area contributed by atoms with E-state index in [1.165, 1.54) is 12.1 Å². The van der Waals surface area contributed by atoms with Gasteiger partial charge in [0.2, 0.25) is 5.91 Å². The van der Waals surface area contributed by atoms with Gasteiger partial charge >= 0.3 is 6.18 Å². The molecule has 1 saturated heterocycles. The molecule has 1 amide bonds. The fourth-order valence-electron chi connectivity index (χ4n) is 4.67. The number of halogens is 3. The minimum Gasteiger partial charge on any atom is -0.369 e. The minimum absolute atomic E-state index is 0.00180. The molecule has 1 aliphatic heterocycles. The van der Waals surface area contributed by atoms with Crippen LogP contribution in [0.5, 0.6) is 0 Å². The number of anilines is 1. The van der Waals surface area contributed by atoms with E-state index in [2.05, 4.69) is 15.3 Å². The number of aromatic nitrogens is 2. The summed E-state index contributed by atoms with van der Waals surface area (Å²) in [5, 5.41) is 3.13. The van der Waals surface area contributed by atoms with Crippen molar-refractivity contribution in [3.8, 4) is 0 Å². The van der Waals surface area contributed by atoms with Gasteiger partial charge in [-0.3, -0.25) is 4.79 Å². The molecule has 2 heterocycles. The summed E-state index contributed by atoms with van der Waals surface area (Å²) in [7, 11) is 0. The maximum Gasteiger partial charge on any atom is 0.416 e. The lowest BCUT2D eigenvalue weighted by atomic mass is 10.0. The number of alkyl halides is 3. The highest BCUT2D eigenvalue weighted by Gasteiger charge is 2.42. The number of benzene rings is 2. The zero-order chi connectivity index (χ0) is 22.3. The van der Waals surface area contributed by atoms with Crippen molar-refractivity contribution in [2.75, 3.05) is 18.0 Å². The summed E-state index contributed by atoms with van der Waals surface area (Å²) in [6.45, 7) is 1.38. The van der Waals surface area contributed by atoms with Crippen LogP contribution in [0, 0.1) is 5.92 Å². The largest absolute Gasteiger partial charge is 0.416 e. The van der Waals surface area contributed by atoms with Gasteiger partial charge in [-0.25, -0.2) is 4.98 Å². The number of nitrogens with zero attached hydrogens (tertiary/aromatic N) is 2. The average molecular weight is 442 g/mol. The molecule has 0 unspecified atom stereocenters. The van der Waals surface area contributed by atoms with Crippen LogP contribution in [0.2, 0.25) is 0 Å². The van der Waals surface area contributed by atoms with Gasteiger partial charge < -0.3 is 15.2 Å². The van der Waals surface area contributed by atoms with Gasteiger partial charge in [-0.15, -0.1) is 0 Å². The second kappa shape index (κ2) is 8.15. The zero-order valence-corrected chi connectivity index (χ0v) is 17.5. The molecule has 1 saturated carbocycles. The summed E-state index contributed by atoms with van der Waals surface area (Å²) >= 11 is 0. The molecule has 1 aromatic heterocycles. The summed E-state index contributed by atoms with van der Waals surface area (Å²) in [4.78, 5) is 22.7. The quantitative estimate of drug-likeness (QED) is 0.593. The maximum atomic E-state index is 12.8. The van der Waals surface area contributed by atoms with E-state index in [0.29, 0.717) is 24.8 Å². The Hall–Kier alpha value is -3.03. The van der Waals surface area contributed by atoms with E-state index in [1.807, 2.05) is 29.2 Å². The Balaban J connectivity index is 1.14. The number of rotatable bonds is 5. The normalized spacial score (nSPS) is 23.3. The number of amides is 1. The molecule has 0 radical (unpaired) electrons. The Morgan fingerprint density at radius 3 is 2.69 bits per heavy atom. The number of nitrogens with one attached hydrogen (secondary N) is 2. The molecule has 2 N–H and O–H groups in total. The summed E-state index contributed by atoms with van der Waals surface area (Å²) in [5.41, 5.74) is 2.07. The van der Waals surface area contributed by atoms with Crippen LogP contribution in [-0.4, -0.2) is 35.0 Å². The highest BCUT2D eigenvalue weighted by Crippen LogP contribution is 2.48. The first-order valence-corrected chi connectivity index (χ1v) is 11.0. The van der Waals surface area contributed by atoms with Gasteiger partial charge in [-0.2, -0.15) is 13.2 Å². The van der Waals surface area contributed by atoms with Gasteiger partial charge in [0.25, 0.3) is 0 Å². The second-order valence-electron chi connectivity index (χ2n) is 8.84. The molecule has 3 atom stereocenters. The van der Waals surface area contributed by atoms with Gasteiger partial charge in [-0.1, -0.05) is 12.1 Å². The van der Waals surface area contributed by atoms with E-state index < -0.39 is 11.7 Å². The van der Waals surface area contributed by atoms with E-state index in [-0.39, 0.29) is 11.9 Å². The van der Waals surface area contributed by atoms with Crippen molar-refractivity contribution in [3.05, 3.63) is 59.9 Å². The van der Waals surface area contributed by atoms with E-state index in [9.17, 15) is 18.0 Å². The Bertz CT molecular complexity index is 1080. The molecule has 1 aliphatic carbocycles. The average Bonchev–Trinajstić information content (AvgIpc) is 3.39. The Morgan fingerprint density at radius 1 is 1.16 bits per heavy atom. The number of imidazole rings is 1. The molecule has 2 fully saturated rings. The van der Waals surface area contributed by atoms with Crippen molar-refractivity contribution >= 4 is 22.6 Å². The van der Waals surface area contributed by atoms with Gasteiger partial charge in [0.1, 0.15) is 5.82 Å². The molecule has 8 heteroatoms. The summed E-state index contributed by atoms with van der Waals surface area (Å²) in [6, 6.07) is 13.2. The maximum absolute atomic E-state index is 12.8. The van der Waals surface area contributed by atoms with Crippen molar-refractivity contribution in [2.24, 2.45) is 5.92 Å². The first kappa shape index (κ1) is 20.8. The Morgan fingerprint density at radius 2 is 1.94 bits per heavy atom. The van der Waals surface area contributed by atoms with Gasteiger partial charge in [0.15, 0.2) is 0 Å². The molecule has 5 nitrogen and oxygen atoms in total. The number of H-pyrrole nitrogens is 1. The van der Waals surface area contributed by atoms with Crippen molar-refractivity contribution in [1.29, 1.82) is 0 Å². The zero-order valence-electron chi connectivity index (χ0n) is 17.5. The number of hydrogen-bond acceptors (Lipinski definition) is 3. The van der Waals surface area contributed by atoms with Crippen molar-refractivity contribution in [2.45, 2.75) is 43.8 Å².